The molecule has 0 bridgehead atoms. The van der Waals surface area contributed by atoms with E-state index >= 15 is 0 Å². The molecule has 5 heteroatoms. The highest BCUT2D eigenvalue weighted by Gasteiger charge is 2.11. The van der Waals surface area contributed by atoms with Crippen molar-refractivity contribution in [2.75, 3.05) is 6.54 Å². The molecule has 122 valence electrons. The predicted octanol–water partition coefficient (Wildman–Crippen LogP) is 3.88. The van der Waals surface area contributed by atoms with Gasteiger partial charge in [-0.05, 0) is 49.9 Å². The minimum Gasteiger partial charge on any atom is -0.314 e. The summed E-state index contributed by atoms with van der Waals surface area (Å²) >= 11 is 1.35. The SMILES string of the molecule is Cl.Cn1c(=O)sc2cc(CCCNC3CCCCC3)ccc21. The van der Waals surface area contributed by atoms with Crippen LogP contribution in [0.1, 0.15) is 44.1 Å². The number of thiazole rings is 1. The second-order valence-electron chi connectivity index (χ2n) is 6.12. The third-order valence-electron chi connectivity index (χ3n) is 4.54. The Bertz CT molecular complexity index is 658. The molecule has 1 saturated carbocycles. The van der Waals surface area contributed by atoms with Crippen molar-refractivity contribution in [2.45, 2.75) is 51.0 Å². The zero-order chi connectivity index (χ0) is 14.7. The van der Waals surface area contributed by atoms with E-state index in [0.717, 1.165) is 29.2 Å². The van der Waals surface area contributed by atoms with E-state index in [2.05, 4.69) is 23.5 Å². The van der Waals surface area contributed by atoms with Gasteiger partial charge in [0.05, 0.1) is 10.2 Å². The molecule has 1 aromatic carbocycles. The van der Waals surface area contributed by atoms with Crippen LogP contribution in [0.4, 0.5) is 0 Å². The molecule has 0 spiro atoms. The van der Waals surface area contributed by atoms with Gasteiger partial charge in [0.25, 0.3) is 0 Å². The standard InChI is InChI=1S/C17H24N2OS.ClH/c1-19-15-10-9-13(12-16(15)21-17(19)20)6-5-11-18-14-7-3-2-4-8-14;/h9-10,12,14,18H,2-8,11H2,1H3;1H. The zero-order valence-corrected chi connectivity index (χ0v) is 14.8. The van der Waals surface area contributed by atoms with Crippen LogP contribution in [0.5, 0.6) is 0 Å². The van der Waals surface area contributed by atoms with Crippen LogP contribution in [0.15, 0.2) is 23.0 Å². The number of hydrogen-bond donors (Lipinski definition) is 1. The van der Waals surface area contributed by atoms with Crippen molar-refractivity contribution < 1.29 is 0 Å². The van der Waals surface area contributed by atoms with Gasteiger partial charge in [-0.1, -0.05) is 36.7 Å². The number of rotatable bonds is 5. The molecule has 1 aromatic heterocycles. The summed E-state index contributed by atoms with van der Waals surface area (Å²) < 4.78 is 2.84. The molecule has 1 heterocycles. The first-order chi connectivity index (χ1) is 10.2. The lowest BCUT2D eigenvalue weighted by Gasteiger charge is -2.22. The summed E-state index contributed by atoms with van der Waals surface area (Å²) in [6, 6.07) is 7.18. The molecule has 0 unspecified atom stereocenters. The summed E-state index contributed by atoms with van der Waals surface area (Å²) in [7, 11) is 1.84. The van der Waals surface area contributed by atoms with Gasteiger partial charge >= 0.3 is 4.87 Å². The monoisotopic (exact) mass is 340 g/mol. The molecule has 0 aliphatic heterocycles. The van der Waals surface area contributed by atoms with E-state index in [9.17, 15) is 4.79 Å². The van der Waals surface area contributed by atoms with E-state index < -0.39 is 0 Å². The normalized spacial score (nSPS) is 15.9. The molecule has 0 radical (unpaired) electrons. The molecular formula is C17H25ClN2OS. The van der Waals surface area contributed by atoms with Crippen LogP contribution in [-0.4, -0.2) is 17.2 Å². The first-order valence-electron chi connectivity index (χ1n) is 8.06. The number of benzene rings is 1. The lowest BCUT2D eigenvalue weighted by molar-refractivity contribution is 0.372. The third-order valence-corrected chi connectivity index (χ3v) is 5.53. The molecule has 1 aliphatic rings. The van der Waals surface area contributed by atoms with Gasteiger partial charge in [0.15, 0.2) is 0 Å². The van der Waals surface area contributed by atoms with Gasteiger partial charge < -0.3 is 9.88 Å². The summed E-state index contributed by atoms with van der Waals surface area (Å²) in [4.78, 5) is 11.8. The number of fused-ring (bicyclic) bond motifs is 1. The molecule has 3 nitrogen and oxygen atoms in total. The van der Waals surface area contributed by atoms with Crippen molar-refractivity contribution in [2.24, 2.45) is 7.05 Å². The van der Waals surface area contributed by atoms with Crippen LogP contribution in [0.2, 0.25) is 0 Å². The van der Waals surface area contributed by atoms with E-state index in [1.54, 1.807) is 4.57 Å². The Balaban J connectivity index is 0.00000176. The largest absolute Gasteiger partial charge is 0.314 e. The molecule has 2 aromatic rings. The summed E-state index contributed by atoms with van der Waals surface area (Å²) in [5, 5.41) is 3.69. The minimum absolute atomic E-state index is 0. The highest BCUT2D eigenvalue weighted by Crippen LogP contribution is 2.19. The van der Waals surface area contributed by atoms with Gasteiger partial charge in [0.2, 0.25) is 0 Å². The van der Waals surface area contributed by atoms with Crippen LogP contribution in [-0.2, 0) is 13.5 Å². The Morgan fingerprint density at radius 1 is 1.27 bits per heavy atom. The van der Waals surface area contributed by atoms with Crippen LogP contribution in [0, 0.1) is 0 Å². The Morgan fingerprint density at radius 3 is 2.82 bits per heavy atom. The van der Waals surface area contributed by atoms with Gasteiger partial charge in [-0.2, -0.15) is 0 Å². The number of nitrogens with zero attached hydrogens (tertiary/aromatic N) is 1. The number of aryl methyl sites for hydroxylation is 2. The summed E-state index contributed by atoms with van der Waals surface area (Å²) in [5.74, 6) is 0. The summed E-state index contributed by atoms with van der Waals surface area (Å²) in [5.41, 5.74) is 2.39. The highest BCUT2D eigenvalue weighted by atomic mass is 35.5. The van der Waals surface area contributed by atoms with Crippen molar-refractivity contribution in [3.63, 3.8) is 0 Å². The molecule has 22 heavy (non-hydrogen) atoms. The summed E-state index contributed by atoms with van der Waals surface area (Å²) in [6.07, 6.45) is 9.16. The molecule has 1 aliphatic carbocycles. The smallest absolute Gasteiger partial charge is 0.307 e. The molecule has 1 fully saturated rings. The fraction of sp³-hybridized carbons (Fsp3) is 0.588. The van der Waals surface area contributed by atoms with Crippen LogP contribution in [0.25, 0.3) is 10.2 Å². The van der Waals surface area contributed by atoms with E-state index in [4.69, 9.17) is 0 Å². The lowest BCUT2D eigenvalue weighted by Crippen LogP contribution is -2.31. The Kier molecular flexibility index (Phi) is 6.48. The van der Waals surface area contributed by atoms with Gasteiger partial charge in [-0.25, -0.2) is 0 Å². The maximum atomic E-state index is 11.7. The number of halogens is 1. The maximum Gasteiger partial charge on any atom is 0.307 e. The second-order valence-corrected chi connectivity index (χ2v) is 7.11. The average molecular weight is 341 g/mol. The van der Waals surface area contributed by atoms with E-state index in [0.29, 0.717) is 0 Å². The van der Waals surface area contributed by atoms with Crippen molar-refractivity contribution in [3.05, 3.63) is 33.4 Å². The first-order valence-corrected chi connectivity index (χ1v) is 8.87. The van der Waals surface area contributed by atoms with Crippen LogP contribution >= 0.6 is 23.7 Å². The topological polar surface area (TPSA) is 34.0 Å². The zero-order valence-electron chi connectivity index (χ0n) is 13.1. The van der Waals surface area contributed by atoms with Crippen molar-refractivity contribution in [1.29, 1.82) is 0 Å². The Morgan fingerprint density at radius 2 is 2.05 bits per heavy atom. The maximum absolute atomic E-state index is 11.7. The van der Waals surface area contributed by atoms with Gasteiger partial charge in [0, 0.05) is 13.1 Å². The number of hydrogen-bond acceptors (Lipinski definition) is 3. The van der Waals surface area contributed by atoms with Crippen molar-refractivity contribution in [3.8, 4) is 0 Å². The second kappa shape index (κ2) is 8.14. The van der Waals surface area contributed by atoms with E-state index in [1.807, 2.05) is 7.05 Å². The quantitative estimate of drug-likeness (QED) is 0.838. The van der Waals surface area contributed by atoms with Crippen molar-refractivity contribution >= 4 is 34.0 Å². The minimum atomic E-state index is 0. The molecule has 0 atom stereocenters. The van der Waals surface area contributed by atoms with E-state index in [-0.39, 0.29) is 17.3 Å². The van der Waals surface area contributed by atoms with E-state index in [1.165, 1.54) is 55.4 Å². The number of nitrogens with one attached hydrogen (secondary N) is 1. The Labute approximate surface area is 142 Å². The number of aromatic nitrogens is 1. The highest BCUT2D eigenvalue weighted by molar-refractivity contribution is 7.16. The fourth-order valence-corrected chi connectivity index (χ4v) is 4.18. The average Bonchev–Trinajstić information content (AvgIpc) is 2.79. The summed E-state index contributed by atoms with van der Waals surface area (Å²) in [6.45, 7) is 1.10. The van der Waals surface area contributed by atoms with Crippen molar-refractivity contribution in [1.82, 2.24) is 9.88 Å². The van der Waals surface area contributed by atoms with Gasteiger partial charge in [-0.3, -0.25) is 4.79 Å². The third kappa shape index (κ3) is 4.12. The van der Waals surface area contributed by atoms with Gasteiger partial charge in [-0.15, -0.1) is 12.4 Å². The molecule has 1 N–H and O–H groups in total. The fourth-order valence-electron chi connectivity index (χ4n) is 3.24. The molecule has 0 amide bonds. The predicted molar refractivity (Wildman–Crippen MR) is 97.5 cm³/mol. The van der Waals surface area contributed by atoms with Crippen LogP contribution in [0.3, 0.4) is 0 Å². The molecular weight excluding hydrogens is 316 g/mol. The first kappa shape index (κ1) is 17.5. The van der Waals surface area contributed by atoms with Crippen LogP contribution < -0.4 is 10.2 Å². The lowest BCUT2D eigenvalue weighted by atomic mass is 9.95. The Hall–Kier alpha value is -0.840. The van der Waals surface area contributed by atoms with Gasteiger partial charge in [0.1, 0.15) is 0 Å². The molecule has 3 rings (SSSR count). The molecule has 0 saturated heterocycles.